The molecule has 170 valence electrons. The van der Waals surface area contributed by atoms with Crippen LogP contribution < -0.4 is 0 Å². The van der Waals surface area contributed by atoms with Crippen molar-refractivity contribution in [2.24, 2.45) is 34.5 Å². The Kier molecular flexibility index (Phi) is 7.05. The summed E-state index contributed by atoms with van der Waals surface area (Å²) < 4.78 is 12.7. The van der Waals surface area contributed by atoms with Crippen LogP contribution in [0.1, 0.15) is 65.7 Å². The molecule has 0 N–H and O–H groups in total. The third-order valence-corrected chi connectivity index (χ3v) is 10.0. The number of allylic oxidation sites excluding steroid dienone is 2. The number of ketones is 1. The monoisotopic (exact) mass is 452 g/mol. The largest absolute Gasteiger partial charge is 0.368 e. The zero-order valence-electron chi connectivity index (χ0n) is 19.4. The lowest BCUT2D eigenvalue weighted by atomic mass is 9.48. The molecule has 30 heavy (non-hydrogen) atoms. The number of hydrogen-bond donors (Lipinski definition) is 0. The van der Waals surface area contributed by atoms with E-state index in [0.29, 0.717) is 35.7 Å². The van der Waals surface area contributed by atoms with E-state index in [-0.39, 0.29) is 16.7 Å². The molecule has 4 aliphatic carbocycles. The van der Waals surface area contributed by atoms with Crippen molar-refractivity contribution in [1.82, 2.24) is 0 Å². The first-order valence-corrected chi connectivity index (χ1v) is 14.6. The lowest BCUT2D eigenvalue weighted by molar-refractivity contribution is -0.126. The van der Waals surface area contributed by atoms with Crippen molar-refractivity contribution in [2.75, 3.05) is 24.4 Å². The summed E-state index contributed by atoms with van der Waals surface area (Å²) in [6.45, 7) is 6.75. The van der Waals surface area contributed by atoms with E-state index in [9.17, 15) is 4.79 Å². The topological polar surface area (TPSA) is 35.5 Å². The summed E-state index contributed by atoms with van der Waals surface area (Å²) in [4.78, 5) is 12.4. The van der Waals surface area contributed by atoms with Gasteiger partial charge in [0.2, 0.25) is 0 Å². The van der Waals surface area contributed by atoms with Crippen molar-refractivity contribution < 1.29 is 14.3 Å². The van der Waals surface area contributed by atoms with Crippen molar-refractivity contribution in [3.8, 4) is 0 Å². The fraction of sp³-hybridized carbons (Fsp3) is 0.880. The van der Waals surface area contributed by atoms with Crippen LogP contribution in [0.2, 0.25) is 0 Å². The molecule has 0 saturated heterocycles. The molecule has 0 aromatic heterocycles. The molecule has 3 fully saturated rings. The average molecular weight is 453 g/mol. The molecule has 0 bridgehead atoms. The van der Waals surface area contributed by atoms with E-state index in [0.717, 1.165) is 44.0 Å². The van der Waals surface area contributed by atoms with Crippen LogP contribution in [0.3, 0.4) is 0 Å². The normalized spacial score (nSPS) is 45.3. The smallest absolute Gasteiger partial charge is 0.133 e. The standard InChI is InChI=1S/C25H40O3S2/c1-16(26)19-6-7-20-18-13-23(28-15-30-5)22-12-17(27-14-29-4)8-10-25(22,3)21(18)9-11-24(19,20)2/h9,17-20,22-23H,6-8,10-15H2,1-5H3. The number of thioether (sulfide) groups is 2. The quantitative estimate of drug-likeness (QED) is 0.341. The number of ether oxygens (including phenoxy) is 2. The summed E-state index contributed by atoms with van der Waals surface area (Å²) >= 11 is 3.56. The molecule has 0 aliphatic heterocycles. The first-order valence-electron chi connectivity index (χ1n) is 11.8. The van der Waals surface area contributed by atoms with Crippen molar-refractivity contribution in [2.45, 2.75) is 77.9 Å². The Labute approximate surface area is 191 Å². The average Bonchev–Trinajstić information content (AvgIpc) is 3.08. The van der Waals surface area contributed by atoms with Crippen molar-refractivity contribution >= 4 is 29.3 Å². The zero-order chi connectivity index (χ0) is 21.5. The van der Waals surface area contributed by atoms with Gasteiger partial charge in [-0.25, -0.2) is 0 Å². The second-order valence-corrected chi connectivity index (χ2v) is 12.3. The van der Waals surface area contributed by atoms with Gasteiger partial charge in [-0.1, -0.05) is 25.5 Å². The van der Waals surface area contributed by atoms with Gasteiger partial charge < -0.3 is 9.47 Å². The highest BCUT2D eigenvalue weighted by atomic mass is 32.2. The van der Waals surface area contributed by atoms with E-state index in [1.165, 1.54) is 12.8 Å². The van der Waals surface area contributed by atoms with Crippen LogP contribution in [0.5, 0.6) is 0 Å². The Morgan fingerprint density at radius 3 is 2.50 bits per heavy atom. The minimum atomic E-state index is 0.145. The zero-order valence-corrected chi connectivity index (χ0v) is 21.1. The number of rotatable bonds is 7. The van der Waals surface area contributed by atoms with Crippen LogP contribution in [0.25, 0.3) is 0 Å². The molecule has 3 nitrogen and oxygen atoms in total. The summed E-state index contributed by atoms with van der Waals surface area (Å²) in [5, 5.41) is 0. The highest BCUT2D eigenvalue weighted by Gasteiger charge is 2.60. The Hall–Kier alpha value is 0.0300. The fourth-order valence-electron chi connectivity index (χ4n) is 7.83. The lowest BCUT2D eigenvalue weighted by Crippen LogP contribution is -2.54. The van der Waals surface area contributed by atoms with Crippen LogP contribution >= 0.6 is 23.5 Å². The van der Waals surface area contributed by atoms with Crippen LogP contribution in [-0.2, 0) is 14.3 Å². The van der Waals surface area contributed by atoms with E-state index >= 15 is 0 Å². The Morgan fingerprint density at radius 1 is 1.07 bits per heavy atom. The molecule has 5 heteroatoms. The molecule has 0 heterocycles. The molecular formula is C25H40O3S2. The van der Waals surface area contributed by atoms with Crippen LogP contribution in [0, 0.1) is 34.5 Å². The minimum absolute atomic E-state index is 0.145. The van der Waals surface area contributed by atoms with Gasteiger partial charge in [0, 0.05) is 5.92 Å². The Morgan fingerprint density at radius 2 is 1.80 bits per heavy atom. The molecule has 0 radical (unpaired) electrons. The van der Waals surface area contributed by atoms with E-state index in [2.05, 4.69) is 32.4 Å². The highest BCUT2D eigenvalue weighted by Crippen LogP contribution is 2.66. The fourth-order valence-corrected chi connectivity index (χ4v) is 8.47. The highest BCUT2D eigenvalue weighted by molar-refractivity contribution is 7.98. The second kappa shape index (κ2) is 9.11. The van der Waals surface area contributed by atoms with Gasteiger partial charge in [-0.3, -0.25) is 4.79 Å². The predicted molar refractivity (Wildman–Crippen MR) is 128 cm³/mol. The summed E-state index contributed by atoms with van der Waals surface area (Å²) in [7, 11) is 0. The van der Waals surface area contributed by atoms with Gasteiger partial charge in [-0.2, -0.15) is 0 Å². The van der Waals surface area contributed by atoms with Gasteiger partial charge >= 0.3 is 0 Å². The first kappa shape index (κ1) is 23.2. The number of hydrogen-bond acceptors (Lipinski definition) is 5. The van der Waals surface area contributed by atoms with Gasteiger partial charge in [0.05, 0.1) is 24.1 Å². The van der Waals surface area contributed by atoms with Gasteiger partial charge in [-0.15, -0.1) is 23.5 Å². The molecule has 0 aromatic carbocycles. The van der Waals surface area contributed by atoms with E-state index in [1.807, 2.05) is 6.92 Å². The van der Waals surface area contributed by atoms with Crippen LogP contribution in [-0.4, -0.2) is 42.4 Å². The van der Waals surface area contributed by atoms with Crippen LogP contribution in [0.15, 0.2) is 11.6 Å². The molecule has 4 rings (SSSR count). The lowest BCUT2D eigenvalue weighted by Gasteiger charge is -2.59. The maximum absolute atomic E-state index is 12.4. The minimum Gasteiger partial charge on any atom is -0.368 e. The number of Topliss-reactive ketones (excluding diaryl/α,β-unsaturated/α-hetero) is 1. The molecule has 8 unspecified atom stereocenters. The third-order valence-electron chi connectivity index (χ3n) is 9.28. The maximum Gasteiger partial charge on any atom is 0.133 e. The van der Waals surface area contributed by atoms with E-state index < -0.39 is 0 Å². The number of carbonyl (C=O) groups is 1. The van der Waals surface area contributed by atoms with E-state index in [1.54, 1.807) is 29.1 Å². The van der Waals surface area contributed by atoms with E-state index in [4.69, 9.17) is 9.47 Å². The maximum atomic E-state index is 12.4. The summed E-state index contributed by atoms with van der Waals surface area (Å²) in [6.07, 6.45) is 15.5. The molecule has 3 saturated carbocycles. The molecule has 0 spiro atoms. The molecule has 0 amide bonds. The first-order chi connectivity index (χ1) is 14.3. The Bertz CT molecular complexity index is 679. The number of carbonyl (C=O) groups excluding carboxylic acids is 1. The Balaban J connectivity index is 1.64. The summed E-state index contributed by atoms with van der Waals surface area (Å²) in [5.41, 5.74) is 2.08. The van der Waals surface area contributed by atoms with Gasteiger partial charge in [0.15, 0.2) is 0 Å². The van der Waals surface area contributed by atoms with Gasteiger partial charge in [0.1, 0.15) is 5.78 Å². The molecule has 0 aromatic rings. The van der Waals surface area contributed by atoms with Crippen LogP contribution in [0.4, 0.5) is 0 Å². The van der Waals surface area contributed by atoms with Gasteiger partial charge in [0.25, 0.3) is 0 Å². The number of fused-ring (bicyclic) bond motifs is 5. The summed E-state index contributed by atoms with van der Waals surface area (Å²) in [6, 6.07) is 0. The van der Waals surface area contributed by atoms with Crippen molar-refractivity contribution in [1.29, 1.82) is 0 Å². The SMILES string of the molecule is CSCOC1CCC2(C)C3=CCC4(C)C(C(C)=O)CCC4C3CC(OCSC)C2C1. The van der Waals surface area contributed by atoms with Crippen molar-refractivity contribution in [3.05, 3.63) is 11.6 Å². The molecule has 4 aliphatic rings. The molecule has 8 atom stereocenters. The molecular weight excluding hydrogens is 412 g/mol. The second-order valence-electron chi connectivity index (χ2n) is 10.7. The van der Waals surface area contributed by atoms with Crippen molar-refractivity contribution in [3.63, 3.8) is 0 Å². The van der Waals surface area contributed by atoms with Gasteiger partial charge in [-0.05, 0) is 93.0 Å². The third kappa shape index (κ3) is 3.84. The predicted octanol–water partition coefficient (Wildman–Crippen LogP) is 6.18. The summed E-state index contributed by atoms with van der Waals surface area (Å²) in [5.74, 6) is 3.98.